The van der Waals surface area contributed by atoms with Crippen molar-refractivity contribution >= 4 is 34.5 Å². The zero-order valence-corrected chi connectivity index (χ0v) is 12.4. The SMILES string of the molecule is CCOCCN(CC)c1ccc(C(N)=S)c(Cl)c1. The molecular weight excluding hydrogens is 268 g/mol. The Bertz CT molecular complexity index is 412. The van der Waals surface area contributed by atoms with Crippen molar-refractivity contribution in [3.8, 4) is 0 Å². The Kier molecular flexibility index (Phi) is 6.39. The van der Waals surface area contributed by atoms with E-state index in [4.69, 9.17) is 34.3 Å². The van der Waals surface area contributed by atoms with E-state index in [0.29, 0.717) is 16.6 Å². The van der Waals surface area contributed by atoms with Gasteiger partial charge in [0.15, 0.2) is 0 Å². The Morgan fingerprint density at radius 1 is 1.44 bits per heavy atom. The molecule has 0 spiro atoms. The van der Waals surface area contributed by atoms with Crippen LogP contribution in [0.1, 0.15) is 19.4 Å². The summed E-state index contributed by atoms with van der Waals surface area (Å²) in [5, 5.41) is 0.592. The van der Waals surface area contributed by atoms with E-state index in [1.807, 2.05) is 25.1 Å². The average molecular weight is 287 g/mol. The summed E-state index contributed by atoms with van der Waals surface area (Å²) in [7, 11) is 0. The van der Waals surface area contributed by atoms with Gasteiger partial charge < -0.3 is 15.4 Å². The van der Waals surface area contributed by atoms with Gasteiger partial charge in [0.1, 0.15) is 4.99 Å². The molecule has 0 aliphatic heterocycles. The molecule has 3 nitrogen and oxygen atoms in total. The highest BCUT2D eigenvalue weighted by atomic mass is 35.5. The molecule has 18 heavy (non-hydrogen) atoms. The smallest absolute Gasteiger partial charge is 0.105 e. The van der Waals surface area contributed by atoms with Gasteiger partial charge >= 0.3 is 0 Å². The van der Waals surface area contributed by atoms with Gasteiger partial charge in [-0.2, -0.15) is 0 Å². The molecule has 0 radical (unpaired) electrons. The monoisotopic (exact) mass is 286 g/mol. The summed E-state index contributed by atoms with van der Waals surface area (Å²) < 4.78 is 5.36. The van der Waals surface area contributed by atoms with Gasteiger partial charge in [0, 0.05) is 30.9 Å². The van der Waals surface area contributed by atoms with Gasteiger partial charge in [-0.25, -0.2) is 0 Å². The van der Waals surface area contributed by atoms with Crippen molar-refractivity contribution in [3.63, 3.8) is 0 Å². The molecule has 1 rings (SSSR count). The first-order chi connectivity index (χ1) is 8.60. The van der Waals surface area contributed by atoms with Crippen LogP contribution < -0.4 is 10.6 Å². The number of benzene rings is 1. The summed E-state index contributed by atoms with van der Waals surface area (Å²) in [5.74, 6) is 0. The number of nitrogens with zero attached hydrogens (tertiary/aromatic N) is 1. The Balaban J connectivity index is 2.80. The van der Waals surface area contributed by atoms with Crippen LogP contribution in [0.3, 0.4) is 0 Å². The number of rotatable bonds is 7. The first kappa shape index (κ1) is 15.2. The summed E-state index contributed by atoms with van der Waals surface area (Å²) in [6, 6.07) is 5.74. The third-order valence-corrected chi connectivity index (χ3v) is 3.21. The molecule has 0 aliphatic carbocycles. The fraction of sp³-hybridized carbons (Fsp3) is 0.462. The van der Waals surface area contributed by atoms with Crippen molar-refractivity contribution in [2.75, 3.05) is 31.2 Å². The van der Waals surface area contributed by atoms with Gasteiger partial charge in [-0.05, 0) is 32.0 Å². The minimum atomic E-state index is 0.323. The molecule has 0 saturated heterocycles. The highest BCUT2D eigenvalue weighted by molar-refractivity contribution is 7.80. The molecule has 100 valence electrons. The number of anilines is 1. The molecule has 0 atom stereocenters. The van der Waals surface area contributed by atoms with Gasteiger partial charge in [0.25, 0.3) is 0 Å². The van der Waals surface area contributed by atoms with Crippen molar-refractivity contribution in [1.82, 2.24) is 0 Å². The number of ether oxygens (including phenoxy) is 1. The number of hydrogen-bond acceptors (Lipinski definition) is 3. The molecule has 0 aromatic heterocycles. The maximum Gasteiger partial charge on any atom is 0.105 e. The first-order valence-electron chi connectivity index (χ1n) is 6.02. The van der Waals surface area contributed by atoms with Crippen molar-refractivity contribution in [2.24, 2.45) is 5.73 Å². The molecule has 0 bridgehead atoms. The molecule has 0 fully saturated rings. The molecule has 5 heteroatoms. The van der Waals surface area contributed by atoms with E-state index in [1.54, 1.807) is 0 Å². The van der Waals surface area contributed by atoms with Gasteiger partial charge in [-0.3, -0.25) is 0 Å². The van der Waals surface area contributed by atoms with E-state index in [-0.39, 0.29) is 0 Å². The highest BCUT2D eigenvalue weighted by Crippen LogP contribution is 2.23. The third kappa shape index (κ3) is 4.12. The van der Waals surface area contributed by atoms with Crippen LogP contribution in [0, 0.1) is 0 Å². The van der Waals surface area contributed by atoms with Crippen molar-refractivity contribution < 1.29 is 4.74 Å². The van der Waals surface area contributed by atoms with E-state index in [2.05, 4.69) is 11.8 Å². The quantitative estimate of drug-likeness (QED) is 0.618. The fourth-order valence-corrected chi connectivity index (χ4v) is 2.20. The number of nitrogens with two attached hydrogens (primary N) is 1. The molecule has 0 saturated carbocycles. The van der Waals surface area contributed by atoms with Crippen LogP contribution in [-0.4, -0.2) is 31.3 Å². The first-order valence-corrected chi connectivity index (χ1v) is 6.80. The molecule has 1 aromatic carbocycles. The summed E-state index contributed by atoms with van der Waals surface area (Å²) in [6.07, 6.45) is 0. The minimum absolute atomic E-state index is 0.323. The van der Waals surface area contributed by atoms with E-state index in [0.717, 1.165) is 30.9 Å². The van der Waals surface area contributed by atoms with Crippen LogP contribution in [0.5, 0.6) is 0 Å². The largest absolute Gasteiger partial charge is 0.389 e. The lowest BCUT2D eigenvalue weighted by atomic mass is 10.2. The number of thiocarbonyl (C=S) groups is 1. The summed E-state index contributed by atoms with van der Waals surface area (Å²) in [6.45, 7) is 7.27. The summed E-state index contributed by atoms with van der Waals surface area (Å²) in [4.78, 5) is 2.52. The third-order valence-electron chi connectivity index (χ3n) is 2.67. The molecule has 1 aromatic rings. The maximum absolute atomic E-state index is 6.16. The van der Waals surface area contributed by atoms with Crippen molar-refractivity contribution in [2.45, 2.75) is 13.8 Å². The van der Waals surface area contributed by atoms with Crippen LogP contribution in [0.2, 0.25) is 5.02 Å². The second-order valence-corrected chi connectivity index (χ2v) is 4.65. The normalized spacial score (nSPS) is 10.4. The Labute approximate surface area is 119 Å². The second-order valence-electron chi connectivity index (χ2n) is 3.80. The fourth-order valence-electron chi connectivity index (χ4n) is 1.69. The van der Waals surface area contributed by atoms with Gasteiger partial charge in [0.05, 0.1) is 11.6 Å². The van der Waals surface area contributed by atoms with E-state index in [1.165, 1.54) is 0 Å². The Hall–Kier alpha value is -0.840. The van der Waals surface area contributed by atoms with E-state index < -0.39 is 0 Å². The molecule has 0 aliphatic rings. The summed E-state index contributed by atoms with van der Waals surface area (Å²) >= 11 is 11.1. The average Bonchev–Trinajstić information content (AvgIpc) is 2.34. The Morgan fingerprint density at radius 2 is 2.17 bits per heavy atom. The van der Waals surface area contributed by atoms with Crippen LogP contribution >= 0.6 is 23.8 Å². The van der Waals surface area contributed by atoms with Crippen molar-refractivity contribution in [1.29, 1.82) is 0 Å². The lowest BCUT2D eigenvalue weighted by Crippen LogP contribution is -2.27. The number of hydrogen-bond donors (Lipinski definition) is 1. The molecular formula is C13H19ClN2OS. The van der Waals surface area contributed by atoms with E-state index in [9.17, 15) is 0 Å². The van der Waals surface area contributed by atoms with Gasteiger partial charge in [-0.1, -0.05) is 23.8 Å². The predicted molar refractivity (Wildman–Crippen MR) is 81.7 cm³/mol. The van der Waals surface area contributed by atoms with Crippen LogP contribution in [0.4, 0.5) is 5.69 Å². The van der Waals surface area contributed by atoms with E-state index >= 15 is 0 Å². The second kappa shape index (κ2) is 7.56. The highest BCUT2D eigenvalue weighted by Gasteiger charge is 2.08. The molecule has 0 unspecified atom stereocenters. The Morgan fingerprint density at radius 3 is 2.67 bits per heavy atom. The maximum atomic E-state index is 6.16. The van der Waals surface area contributed by atoms with Crippen LogP contribution in [-0.2, 0) is 4.74 Å². The number of halogens is 1. The van der Waals surface area contributed by atoms with Crippen LogP contribution in [0.25, 0.3) is 0 Å². The topological polar surface area (TPSA) is 38.5 Å². The van der Waals surface area contributed by atoms with Crippen molar-refractivity contribution in [3.05, 3.63) is 28.8 Å². The predicted octanol–water partition coefficient (Wildman–Crippen LogP) is 2.84. The lowest BCUT2D eigenvalue weighted by molar-refractivity contribution is 0.154. The summed E-state index contributed by atoms with van der Waals surface area (Å²) in [5.41, 5.74) is 7.36. The number of likely N-dealkylation sites (N-methyl/N-ethyl adjacent to an activating group) is 1. The van der Waals surface area contributed by atoms with Crippen LogP contribution in [0.15, 0.2) is 18.2 Å². The standard InChI is InChI=1S/C13H19ClN2OS/c1-3-16(7-8-17-4-2)10-5-6-11(13(15)18)12(14)9-10/h5-6,9H,3-4,7-8H2,1-2H3,(H2,15,18). The van der Waals surface area contributed by atoms with Gasteiger partial charge in [0.2, 0.25) is 0 Å². The molecule has 0 heterocycles. The minimum Gasteiger partial charge on any atom is -0.389 e. The molecule has 0 amide bonds. The zero-order chi connectivity index (χ0) is 13.5. The zero-order valence-electron chi connectivity index (χ0n) is 10.8. The van der Waals surface area contributed by atoms with Gasteiger partial charge in [-0.15, -0.1) is 0 Å². The lowest BCUT2D eigenvalue weighted by Gasteiger charge is -2.23. The molecule has 2 N–H and O–H groups in total.